The maximum Gasteiger partial charge on any atom is 0.0329 e. The van der Waals surface area contributed by atoms with Crippen molar-refractivity contribution in [3.8, 4) is 0 Å². The molecule has 106 valence electrons. The van der Waals surface area contributed by atoms with E-state index in [9.17, 15) is 0 Å². The Labute approximate surface area is 118 Å². The minimum atomic E-state index is 0.467. The van der Waals surface area contributed by atoms with Gasteiger partial charge in [0.1, 0.15) is 0 Å². The molecule has 2 atom stereocenters. The molecule has 1 fully saturated rings. The molecule has 0 bridgehead atoms. The molecule has 2 unspecified atom stereocenters. The first-order valence-electron chi connectivity index (χ1n) is 7.56. The summed E-state index contributed by atoms with van der Waals surface area (Å²) in [5.41, 5.74) is 2.73. The summed E-state index contributed by atoms with van der Waals surface area (Å²) < 4.78 is 0. The first-order valence-corrected chi connectivity index (χ1v) is 7.56. The molecule has 1 N–H and O–H groups in total. The lowest BCUT2D eigenvalue weighted by Crippen LogP contribution is -2.33. The van der Waals surface area contributed by atoms with Crippen molar-refractivity contribution in [2.24, 2.45) is 5.92 Å². The van der Waals surface area contributed by atoms with E-state index in [0.29, 0.717) is 6.04 Å². The van der Waals surface area contributed by atoms with Crippen LogP contribution in [0.5, 0.6) is 0 Å². The molecule has 19 heavy (non-hydrogen) atoms. The molecule has 1 aliphatic carbocycles. The van der Waals surface area contributed by atoms with Gasteiger partial charge in [-0.25, -0.2) is 0 Å². The summed E-state index contributed by atoms with van der Waals surface area (Å²) in [5, 5.41) is 3.45. The minimum Gasteiger partial charge on any atom is -0.313 e. The zero-order chi connectivity index (χ0) is 13.8. The van der Waals surface area contributed by atoms with Gasteiger partial charge in [-0.05, 0) is 65.2 Å². The number of rotatable bonds is 7. The second kappa shape index (κ2) is 6.53. The molecule has 2 rings (SSSR count). The maximum atomic E-state index is 3.45. The Balaban J connectivity index is 1.86. The molecule has 2 heteroatoms. The van der Waals surface area contributed by atoms with Crippen LogP contribution in [-0.4, -0.2) is 31.6 Å². The van der Waals surface area contributed by atoms with Gasteiger partial charge in [0.2, 0.25) is 0 Å². The van der Waals surface area contributed by atoms with E-state index in [1.807, 2.05) is 0 Å². The highest BCUT2D eigenvalue weighted by Gasteiger charge is 2.30. The molecule has 0 aliphatic heterocycles. The molecule has 0 heterocycles. The fourth-order valence-corrected chi connectivity index (χ4v) is 2.75. The molecule has 0 saturated heterocycles. The molecule has 1 saturated carbocycles. The maximum absolute atomic E-state index is 3.45. The standard InChI is InChI=1S/C17H28N2/c1-13-5-7-16(8-6-13)17(18-3)11-12-19(4)14(2)15-9-10-15/h5-8,14-15,17-18H,9-12H2,1-4H3. The van der Waals surface area contributed by atoms with Crippen molar-refractivity contribution < 1.29 is 0 Å². The topological polar surface area (TPSA) is 15.3 Å². The largest absolute Gasteiger partial charge is 0.313 e. The Morgan fingerprint density at radius 2 is 1.89 bits per heavy atom. The predicted molar refractivity (Wildman–Crippen MR) is 82.4 cm³/mol. The van der Waals surface area contributed by atoms with Crippen molar-refractivity contribution in [3.05, 3.63) is 35.4 Å². The second-order valence-corrected chi connectivity index (χ2v) is 6.10. The Kier molecular flexibility index (Phi) is 5.00. The average Bonchev–Trinajstić information content (AvgIpc) is 3.24. The summed E-state index contributed by atoms with van der Waals surface area (Å²) in [7, 11) is 4.33. The molecule has 1 aromatic rings. The quantitative estimate of drug-likeness (QED) is 0.808. The van der Waals surface area contributed by atoms with Crippen LogP contribution in [-0.2, 0) is 0 Å². The first-order chi connectivity index (χ1) is 9.11. The van der Waals surface area contributed by atoms with Gasteiger partial charge in [0.15, 0.2) is 0 Å². The molecular formula is C17H28N2. The van der Waals surface area contributed by atoms with Crippen LogP contribution < -0.4 is 5.32 Å². The summed E-state index contributed by atoms with van der Waals surface area (Å²) in [6.07, 6.45) is 4.03. The van der Waals surface area contributed by atoms with Crippen molar-refractivity contribution in [1.29, 1.82) is 0 Å². The lowest BCUT2D eigenvalue weighted by atomic mass is 10.0. The van der Waals surface area contributed by atoms with Crippen molar-refractivity contribution in [3.63, 3.8) is 0 Å². The molecule has 1 aromatic carbocycles. The van der Waals surface area contributed by atoms with E-state index in [1.165, 1.54) is 30.4 Å². The van der Waals surface area contributed by atoms with E-state index >= 15 is 0 Å². The zero-order valence-electron chi connectivity index (χ0n) is 12.8. The van der Waals surface area contributed by atoms with Crippen molar-refractivity contribution in [2.75, 3.05) is 20.6 Å². The van der Waals surface area contributed by atoms with Gasteiger partial charge in [-0.2, -0.15) is 0 Å². The van der Waals surface area contributed by atoms with Crippen LogP contribution in [0, 0.1) is 12.8 Å². The monoisotopic (exact) mass is 260 g/mol. The Hall–Kier alpha value is -0.860. The van der Waals surface area contributed by atoms with E-state index in [1.54, 1.807) is 0 Å². The lowest BCUT2D eigenvalue weighted by molar-refractivity contribution is 0.223. The second-order valence-electron chi connectivity index (χ2n) is 6.10. The molecule has 2 nitrogen and oxygen atoms in total. The molecule has 0 amide bonds. The van der Waals surface area contributed by atoms with Crippen LogP contribution in [0.15, 0.2) is 24.3 Å². The molecule has 0 radical (unpaired) electrons. The Bertz CT molecular complexity index is 381. The average molecular weight is 260 g/mol. The van der Waals surface area contributed by atoms with Gasteiger partial charge in [-0.3, -0.25) is 0 Å². The van der Waals surface area contributed by atoms with E-state index in [4.69, 9.17) is 0 Å². The summed E-state index contributed by atoms with van der Waals surface area (Å²) in [6.45, 7) is 5.68. The fourth-order valence-electron chi connectivity index (χ4n) is 2.75. The predicted octanol–water partition coefficient (Wildman–Crippen LogP) is 3.38. The van der Waals surface area contributed by atoms with Crippen LogP contribution in [0.25, 0.3) is 0 Å². The number of aryl methyl sites for hydroxylation is 1. The van der Waals surface area contributed by atoms with Crippen LogP contribution in [0.1, 0.15) is 43.4 Å². The van der Waals surface area contributed by atoms with Gasteiger partial charge < -0.3 is 10.2 Å². The van der Waals surface area contributed by atoms with Gasteiger partial charge in [0, 0.05) is 12.1 Å². The highest BCUT2D eigenvalue weighted by Crippen LogP contribution is 2.34. The molecule has 0 aromatic heterocycles. The third kappa shape index (κ3) is 4.05. The van der Waals surface area contributed by atoms with Crippen LogP contribution in [0.3, 0.4) is 0 Å². The summed E-state index contributed by atoms with van der Waals surface area (Å²) >= 11 is 0. The van der Waals surface area contributed by atoms with Crippen molar-refractivity contribution >= 4 is 0 Å². The Morgan fingerprint density at radius 1 is 1.26 bits per heavy atom. The van der Waals surface area contributed by atoms with Crippen molar-refractivity contribution in [1.82, 2.24) is 10.2 Å². The number of nitrogens with one attached hydrogen (secondary N) is 1. The highest BCUT2D eigenvalue weighted by atomic mass is 15.1. The lowest BCUT2D eigenvalue weighted by Gasteiger charge is -2.27. The van der Waals surface area contributed by atoms with Crippen LogP contribution in [0.2, 0.25) is 0 Å². The Morgan fingerprint density at radius 3 is 2.42 bits per heavy atom. The minimum absolute atomic E-state index is 0.467. The number of nitrogens with zero attached hydrogens (tertiary/aromatic N) is 1. The van der Waals surface area contributed by atoms with Crippen LogP contribution >= 0.6 is 0 Å². The number of benzene rings is 1. The third-order valence-electron chi connectivity index (χ3n) is 4.60. The highest BCUT2D eigenvalue weighted by molar-refractivity contribution is 5.24. The summed E-state index contributed by atoms with van der Waals surface area (Å²) in [4.78, 5) is 2.52. The molecular weight excluding hydrogens is 232 g/mol. The fraction of sp³-hybridized carbons (Fsp3) is 0.647. The third-order valence-corrected chi connectivity index (χ3v) is 4.60. The normalized spacial score (nSPS) is 18.6. The van der Waals surface area contributed by atoms with Gasteiger partial charge in [0.05, 0.1) is 0 Å². The van der Waals surface area contributed by atoms with Gasteiger partial charge >= 0.3 is 0 Å². The van der Waals surface area contributed by atoms with Gasteiger partial charge in [-0.15, -0.1) is 0 Å². The zero-order valence-corrected chi connectivity index (χ0v) is 12.8. The van der Waals surface area contributed by atoms with Gasteiger partial charge in [0.25, 0.3) is 0 Å². The number of hydrogen-bond donors (Lipinski definition) is 1. The van der Waals surface area contributed by atoms with Gasteiger partial charge in [-0.1, -0.05) is 29.8 Å². The molecule has 0 spiro atoms. The van der Waals surface area contributed by atoms with E-state index in [2.05, 4.69) is 62.4 Å². The SMILES string of the molecule is CNC(CCN(C)C(C)C1CC1)c1ccc(C)cc1. The summed E-state index contributed by atoms with van der Waals surface area (Å²) in [5.74, 6) is 0.956. The summed E-state index contributed by atoms with van der Waals surface area (Å²) in [6, 6.07) is 10.1. The van der Waals surface area contributed by atoms with E-state index < -0.39 is 0 Å². The van der Waals surface area contributed by atoms with E-state index in [0.717, 1.165) is 18.5 Å². The van der Waals surface area contributed by atoms with Crippen LogP contribution in [0.4, 0.5) is 0 Å². The number of hydrogen-bond acceptors (Lipinski definition) is 2. The van der Waals surface area contributed by atoms with E-state index in [-0.39, 0.29) is 0 Å². The first kappa shape index (κ1) is 14.5. The van der Waals surface area contributed by atoms with Crippen molar-refractivity contribution in [2.45, 2.75) is 45.2 Å². The smallest absolute Gasteiger partial charge is 0.0329 e. The molecule has 1 aliphatic rings.